The van der Waals surface area contributed by atoms with E-state index in [-0.39, 0.29) is 11.3 Å². The number of carbonyl (C=O) groups is 1. The van der Waals surface area contributed by atoms with Crippen LogP contribution >= 0.6 is 11.6 Å². The molecule has 3 aromatic rings. The van der Waals surface area contributed by atoms with Crippen LogP contribution in [0.4, 0.5) is 5.82 Å². The van der Waals surface area contributed by atoms with Gasteiger partial charge in [0.1, 0.15) is 5.69 Å². The number of rotatable bonds is 6. The van der Waals surface area contributed by atoms with Gasteiger partial charge in [-0.1, -0.05) is 37.1 Å². The molecule has 134 valence electrons. The molecule has 0 bridgehead atoms. The Hall–Kier alpha value is -2.93. The first-order valence-corrected chi connectivity index (χ1v) is 8.66. The van der Waals surface area contributed by atoms with Crippen LogP contribution in [0.25, 0.3) is 5.69 Å². The Balaban J connectivity index is 1.77. The minimum absolute atomic E-state index is 0.160. The van der Waals surface area contributed by atoms with Crippen molar-refractivity contribution in [3.63, 3.8) is 0 Å². The summed E-state index contributed by atoms with van der Waals surface area (Å²) in [5.74, 6) is -0.0670. The van der Waals surface area contributed by atoms with Crippen LogP contribution in [0.15, 0.2) is 53.5 Å². The number of unbranched alkanes of at least 4 members (excludes halogenated alkanes) is 1. The molecule has 0 aliphatic carbocycles. The lowest BCUT2D eigenvalue weighted by atomic mass is 10.3. The van der Waals surface area contributed by atoms with Gasteiger partial charge in [0.25, 0.3) is 11.5 Å². The van der Waals surface area contributed by atoms with Crippen LogP contribution in [-0.2, 0) is 6.54 Å². The summed E-state index contributed by atoms with van der Waals surface area (Å²) in [5.41, 5.74) is 0.645. The van der Waals surface area contributed by atoms with E-state index in [0.29, 0.717) is 23.1 Å². The summed E-state index contributed by atoms with van der Waals surface area (Å²) in [6, 6.07) is 11.7. The molecule has 0 spiro atoms. The Labute approximate surface area is 155 Å². The molecule has 1 amide bonds. The van der Waals surface area contributed by atoms with Crippen molar-refractivity contribution in [1.82, 2.24) is 19.6 Å². The van der Waals surface area contributed by atoms with Gasteiger partial charge in [-0.15, -0.1) is 5.10 Å². The minimum atomic E-state index is -0.431. The van der Waals surface area contributed by atoms with Crippen molar-refractivity contribution in [2.24, 2.45) is 0 Å². The zero-order valence-corrected chi connectivity index (χ0v) is 15.0. The quantitative estimate of drug-likeness (QED) is 0.721. The second-order valence-electron chi connectivity index (χ2n) is 5.68. The van der Waals surface area contributed by atoms with E-state index in [4.69, 9.17) is 11.6 Å². The highest BCUT2D eigenvalue weighted by Gasteiger charge is 2.12. The fraction of sp³-hybridized carbons (Fsp3) is 0.222. The predicted molar refractivity (Wildman–Crippen MR) is 99.9 cm³/mol. The molecule has 0 aliphatic heterocycles. The van der Waals surface area contributed by atoms with Gasteiger partial charge >= 0.3 is 0 Å². The maximum Gasteiger partial charge on any atom is 0.277 e. The third kappa shape index (κ3) is 4.00. The van der Waals surface area contributed by atoms with Gasteiger partial charge in [0.15, 0.2) is 5.82 Å². The van der Waals surface area contributed by atoms with E-state index in [9.17, 15) is 9.59 Å². The highest BCUT2D eigenvalue weighted by Crippen LogP contribution is 2.20. The molecule has 0 unspecified atom stereocenters. The molecule has 2 heterocycles. The fourth-order valence-corrected chi connectivity index (χ4v) is 2.60. The van der Waals surface area contributed by atoms with Gasteiger partial charge in [-0.3, -0.25) is 9.59 Å². The van der Waals surface area contributed by atoms with Crippen LogP contribution in [0, 0.1) is 0 Å². The summed E-state index contributed by atoms with van der Waals surface area (Å²) >= 11 is 6.15. The van der Waals surface area contributed by atoms with E-state index >= 15 is 0 Å². The molecule has 1 aromatic carbocycles. The molecular weight excluding hydrogens is 354 g/mol. The third-order valence-corrected chi connectivity index (χ3v) is 4.07. The summed E-state index contributed by atoms with van der Waals surface area (Å²) in [5, 5.41) is 11.7. The Morgan fingerprint density at radius 2 is 1.96 bits per heavy atom. The van der Waals surface area contributed by atoms with Gasteiger partial charge < -0.3 is 5.32 Å². The lowest BCUT2D eigenvalue weighted by Gasteiger charge is -2.06. The number of para-hydroxylation sites is 1. The van der Waals surface area contributed by atoms with Gasteiger partial charge in [0.2, 0.25) is 0 Å². The van der Waals surface area contributed by atoms with E-state index < -0.39 is 5.91 Å². The van der Waals surface area contributed by atoms with Crippen molar-refractivity contribution >= 4 is 23.3 Å². The number of aromatic nitrogens is 4. The summed E-state index contributed by atoms with van der Waals surface area (Å²) in [6.45, 7) is 2.51. The third-order valence-electron chi connectivity index (χ3n) is 3.75. The summed E-state index contributed by atoms with van der Waals surface area (Å²) in [7, 11) is 0. The molecular formula is C18H18ClN5O2. The van der Waals surface area contributed by atoms with Crippen LogP contribution in [-0.4, -0.2) is 25.5 Å². The normalized spacial score (nSPS) is 10.7. The van der Waals surface area contributed by atoms with E-state index in [2.05, 4.69) is 15.5 Å². The SMILES string of the molecule is CCCCn1nc(C(=O)Nc2ccn(-c3ccccc3Cl)n2)ccc1=O. The number of anilines is 1. The van der Waals surface area contributed by atoms with Crippen molar-refractivity contribution in [2.45, 2.75) is 26.3 Å². The van der Waals surface area contributed by atoms with Crippen molar-refractivity contribution in [3.8, 4) is 5.69 Å². The maximum atomic E-state index is 12.4. The van der Waals surface area contributed by atoms with Crippen LogP contribution < -0.4 is 10.9 Å². The lowest BCUT2D eigenvalue weighted by Crippen LogP contribution is -2.26. The highest BCUT2D eigenvalue weighted by molar-refractivity contribution is 6.32. The lowest BCUT2D eigenvalue weighted by molar-refractivity contribution is 0.101. The summed E-state index contributed by atoms with van der Waals surface area (Å²) in [4.78, 5) is 24.2. The molecule has 8 heteroatoms. The van der Waals surface area contributed by atoms with Crippen LogP contribution in [0.2, 0.25) is 5.02 Å². The summed E-state index contributed by atoms with van der Waals surface area (Å²) < 4.78 is 2.88. The number of halogens is 1. The number of hydrogen-bond donors (Lipinski definition) is 1. The number of nitrogens with zero attached hydrogens (tertiary/aromatic N) is 4. The van der Waals surface area contributed by atoms with Crippen molar-refractivity contribution in [2.75, 3.05) is 5.32 Å². The number of nitrogens with one attached hydrogen (secondary N) is 1. The van der Waals surface area contributed by atoms with Crippen molar-refractivity contribution in [1.29, 1.82) is 0 Å². The van der Waals surface area contributed by atoms with E-state index in [1.54, 1.807) is 23.0 Å². The van der Waals surface area contributed by atoms with Gasteiger partial charge in [0.05, 0.1) is 10.7 Å². The van der Waals surface area contributed by atoms with E-state index in [0.717, 1.165) is 12.8 Å². The van der Waals surface area contributed by atoms with Gasteiger partial charge in [0, 0.05) is 24.9 Å². The van der Waals surface area contributed by atoms with Gasteiger partial charge in [-0.05, 0) is 24.6 Å². The Bertz CT molecular complexity index is 979. The molecule has 0 atom stereocenters. The first-order valence-electron chi connectivity index (χ1n) is 8.28. The number of hydrogen-bond acceptors (Lipinski definition) is 4. The molecule has 0 aliphatic rings. The molecule has 0 fully saturated rings. The molecule has 0 radical (unpaired) electrons. The molecule has 1 N–H and O–H groups in total. The second kappa shape index (κ2) is 7.97. The Kier molecular flexibility index (Phi) is 5.48. The van der Waals surface area contributed by atoms with E-state index in [1.807, 2.05) is 25.1 Å². The first-order chi connectivity index (χ1) is 12.6. The first kappa shape index (κ1) is 17.9. The number of amides is 1. The molecule has 3 rings (SSSR count). The second-order valence-corrected chi connectivity index (χ2v) is 6.09. The number of benzene rings is 1. The molecule has 26 heavy (non-hydrogen) atoms. The number of aryl methyl sites for hydroxylation is 1. The average Bonchev–Trinajstić information content (AvgIpc) is 3.09. The monoisotopic (exact) mass is 371 g/mol. The zero-order chi connectivity index (χ0) is 18.5. The topological polar surface area (TPSA) is 81.8 Å². The average molecular weight is 372 g/mol. The predicted octanol–water partition coefficient (Wildman–Crippen LogP) is 3.13. The minimum Gasteiger partial charge on any atom is -0.304 e. The Morgan fingerprint density at radius 3 is 2.73 bits per heavy atom. The zero-order valence-electron chi connectivity index (χ0n) is 14.2. The standard InChI is InChI=1S/C18H18ClN5O2/c1-2-3-11-24-17(25)9-8-14(21-24)18(26)20-16-10-12-23(22-16)15-7-5-4-6-13(15)19/h4-10,12H,2-3,11H2,1H3,(H,20,22,26). The van der Waals surface area contributed by atoms with Crippen molar-refractivity contribution < 1.29 is 4.79 Å². The molecule has 2 aromatic heterocycles. The van der Waals surface area contributed by atoms with E-state index in [1.165, 1.54) is 16.8 Å². The Morgan fingerprint density at radius 1 is 1.15 bits per heavy atom. The van der Waals surface area contributed by atoms with Crippen molar-refractivity contribution in [3.05, 3.63) is 69.7 Å². The molecule has 0 saturated heterocycles. The van der Waals surface area contributed by atoms with Crippen LogP contribution in [0.5, 0.6) is 0 Å². The fourth-order valence-electron chi connectivity index (χ4n) is 2.38. The molecule has 0 saturated carbocycles. The molecule has 7 nitrogen and oxygen atoms in total. The van der Waals surface area contributed by atoms with Gasteiger partial charge in [-0.25, -0.2) is 9.36 Å². The van der Waals surface area contributed by atoms with Crippen LogP contribution in [0.3, 0.4) is 0 Å². The smallest absolute Gasteiger partial charge is 0.277 e. The summed E-state index contributed by atoms with van der Waals surface area (Å²) in [6.07, 6.45) is 3.46. The maximum absolute atomic E-state index is 12.4. The van der Waals surface area contributed by atoms with Crippen LogP contribution in [0.1, 0.15) is 30.3 Å². The largest absolute Gasteiger partial charge is 0.304 e. The number of carbonyl (C=O) groups excluding carboxylic acids is 1. The highest BCUT2D eigenvalue weighted by atomic mass is 35.5. The van der Waals surface area contributed by atoms with Gasteiger partial charge in [-0.2, -0.15) is 5.10 Å².